The summed E-state index contributed by atoms with van der Waals surface area (Å²) in [6.45, 7) is 3.72. The first-order valence-corrected chi connectivity index (χ1v) is 6.50. The lowest BCUT2D eigenvalue weighted by atomic mass is 10.1. The summed E-state index contributed by atoms with van der Waals surface area (Å²) >= 11 is 9.57. The van der Waals surface area contributed by atoms with Crippen LogP contribution in [0.4, 0.5) is 0 Å². The monoisotopic (exact) mass is 305 g/mol. The van der Waals surface area contributed by atoms with E-state index in [4.69, 9.17) is 16.3 Å². The molecule has 1 aromatic rings. The molecule has 0 bridgehead atoms. The highest BCUT2D eigenvalue weighted by atomic mass is 79.9. The number of hydrogen-bond donors (Lipinski definition) is 1. The number of nitrogens with one attached hydrogen (secondary N) is 1. The molecule has 1 atom stereocenters. The van der Waals surface area contributed by atoms with Gasteiger partial charge in [-0.15, -0.1) is 0 Å². The molecular weight excluding hydrogens is 289 g/mol. The third kappa shape index (κ3) is 4.42. The minimum atomic E-state index is 0.314. The number of likely N-dealkylation sites (N-methyl/N-ethyl adjacent to an activating group) is 1. The van der Waals surface area contributed by atoms with Crippen molar-refractivity contribution in [3.63, 3.8) is 0 Å². The third-order valence-electron chi connectivity index (χ3n) is 2.34. The smallest absolute Gasteiger partial charge is 0.0619 e. The van der Waals surface area contributed by atoms with Gasteiger partial charge >= 0.3 is 0 Å². The number of hydrogen-bond acceptors (Lipinski definition) is 2. The van der Waals surface area contributed by atoms with E-state index in [9.17, 15) is 0 Å². The van der Waals surface area contributed by atoms with E-state index >= 15 is 0 Å². The van der Waals surface area contributed by atoms with Crippen molar-refractivity contribution >= 4 is 27.5 Å². The Labute approximate surface area is 110 Å². The number of ether oxygens (including phenoxy) is 1. The van der Waals surface area contributed by atoms with E-state index in [1.165, 1.54) is 0 Å². The lowest BCUT2D eigenvalue weighted by Crippen LogP contribution is -2.35. The molecule has 0 radical (unpaired) electrons. The Hall–Kier alpha value is -0.0900. The summed E-state index contributed by atoms with van der Waals surface area (Å²) in [4.78, 5) is 0. The lowest BCUT2D eigenvalue weighted by molar-refractivity contribution is 0.167. The first-order valence-electron chi connectivity index (χ1n) is 5.33. The van der Waals surface area contributed by atoms with E-state index < -0.39 is 0 Å². The molecule has 0 saturated heterocycles. The molecule has 16 heavy (non-hydrogen) atoms. The van der Waals surface area contributed by atoms with Crippen LogP contribution in [0.1, 0.15) is 12.5 Å². The van der Waals surface area contributed by atoms with Crippen molar-refractivity contribution in [1.29, 1.82) is 0 Å². The predicted molar refractivity (Wildman–Crippen MR) is 72.2 cm³/mol. The highest BCUT2D eigenvalue weighted by Crippen LogP contribution is 2.22. The Morgan fingerprint density at radius 2 is 2.25 bits per heavy atom. The van der Waals surface area contributed by atoms with Crippen molar-refractivity contribution in [1.82, 2.24) is 5.32 Å². The second kappa shape index (κ2) is 7.28. The molecule has 0 aliphatic rings. The van der Waals surface area contributed by atoms with Crippen LogP contribution < -0.4 is 5.32 Å². The van der Waals surface area contributed by atoms with Crippen molar-refractivity contribution in [2.75, 3.05) is 20.3 Å². The quantitative estimate of drug-likeness (QED) is 0.871. The summed E-state index contributed by atoms with van der Waals surface area (Å²) in [5.74, 6) is 0. The number of methoxy groups -OCH3 is 1. The minimum Gasteiger partial charge on any atom is -0.383 e. The summed E-state index contributed by atoms with van der Waals surface area (Å²) < 4.78 is 6.18. The second-order valence-corrected chi connectivity index (χ2v) is 4.97. The summed E-state index contributed by atoms with van der Waals surface area (Å²) in [5.41, 5.74) is 1.15. The molecule has 0 fully saturated rings. The standard InChI is InChI=1S/C12H17BrClNO/c1-3-15-11(8-16-2)6-9-4-5-10(13)7-12(9)14/h4-5,7,11,15H,3,6,8H2,1-2H3. The molecule has 0 heterocycles. The average Bonchev–Trinajstić information content (AvgIpc) is 2.23. The Bertz CT molecular complexity index is 327. The Morgan fingerprint density at radius 1 is 1.50 bits per heavy atom. The van der Waals surface area contributed by atoms with Gasteiger partial charge in [-0.1, -0.05) is 40.5 Å². The number of halogens is 2. The van der Waals surface area contributed by atoms with Gasteiger partial charge in [0.1, 0.15) is 0 Å². The fourth-order valence-corrected chi connectivity index (χ4v) is 2.38. The largest absolute Gasteiger partial charge is 0.383 e. The topological polar surface area (TPSA) is 21.3 Å². The molecule has 0 aliphatic carbocycles. The molecule has 1 unspecified atom stereocenters. The predicted octanol–water partition coefficient (Wildman–Crippen LogP) is 3.27. The molecule has 1 aromatic carbocycles. The average molecular weight is 307 g/mol. The Morgan fingerprint density at radius 3 is 2.81 bits per heavy atom. The van der Waals surface area contributed by atoms with Crippen LogP contribution in [0.25, 0.3) is 0 Å². The highest BCUT2D eigenvalue weighted by Gasteiger charge is 2.10. The van der Waals surface area contributed by atoms with E-state index in [0.29, 0.717) is 12.6 Å². The number of rotatable bonds is 6. The molecule has 0 aliphatic heterocycles. The molecule has 2 nitrogen and oxygen atoms in total. The molecule has 4 heteroatoms. The van der Waals surface area contributed by atoms with Crippen LogP contribution in [0.15, 0.2) is 22.7 Å². The molecule has 90 valence electrons. The van der Waals surface area contributed by atoms with E-state index in [1.54, 1.807) is 7.11 Å². The van der Waals surface area contributed by atoms with Crippen LogP contribution in [0.3, 0.4) is 0 Å². The van der Waals surface area contributed by atoms with Gasteiger partial charge in [0, 0.05) is 22.6 Å². The molecule has 1 rings (SSSR count). The summed E-state index contributed by atoms with van der Waals surface area (Å²) in [6, 6.07) is 6.30. The van der Waals surface area contributed by atoms with E-state index in [-0.39, 0.29) is 0 Å². The van der Waals surface area contributed by atoms with Gasteiger partial charge in [0.05, 0.1) is 6.61 Å². The zero-order valence-corrected chi connectivity index (χ0v) is 11.9. The van der Waals surface area contributed by atoms with Crippen LogP contribution in [0.2, 0.25) is 5.02 Å². The highest BCUT2D eigenvalue weighted by molar-refractivity contribution is 9.10. The molecule has 0 spiro atoms. The summed E-state index contributed by atoms with van der Waals surface area (Å²) in [6.07, 6.45) is 0.883. The maximum Gasteiger partial charge on any atom is 0.0619 e. The van der Waals surface area contributed by atoms with Crippen LogP contribution >= 0.6 is 27.5 Å². The molecule has 1 N–H and O–H groups in total. The van der Waals surface area contributed by atoms with Gasteiger partial charge in [-0.2, -0.15) is 0 Å². The van der Waals surface area contributed by atoms with E-state index in [1.807, 2.05) is 18.2 Å². The summed E-state index contributed by atoms with van der Waals surface area (Å²) in [5, 5.41) is 4.18. The maximum absolute atomic E-state index is 6.18. The fraction of sp³-hybridized carbons (Fsp3) is 0.500. The van der Waals surface area contributed by atoms with Crippen molar-refractivity contribution in [3.8, 4) is 0 Å². The van der Waals surface area contributed by atoms with E-state index in [0.717, 1.165) is 28.0 Å². The molecule has 0 saturated carbocycles. The first kappa shape index (κ1) is 14.0. The lowest BCUT2D eigenvalue weighted by Gasteiger charge is -2.17. The van der Waals surface area contributed by atoms with Crippen LogP contribution in [0.5, 0.6) is 0 Å². The molecular formula is C12H17BrClNO. The second-order valence-electron chi connectivity index (χ2n) is 3.65. The van der Waals surface area contributed by atoms with E-state index in [2.05, 4.69) is 28.2 Å². The minimum absolute atomic E-state index is 0.314. The zero-order valence-electron chi connectivity index (χ0n) is 9.59. The van der Waals surface area contributed by atoms with Crippen molar-refractivity contribution in [2.24, 2.45) is 0 Å². The first-order chi connectivity index (χ1) is 7.67. The fourth-order valence-electron chi connectivity index (χ4n) is 1.63. The van der Waals surface area contributed by atoms with Crippen molar-refractivity contribution < 1.29 is 4.74 Å². The zero-order chi connectivity index (χ0) is 12.0. The third-order valence-corrected chi connectivity index (χ3v) is 3.19. The Balaban J connectivity index is 2.68. The van der Waals surface area contributed by atoms with Crippen molar-refractivity contribution in [3.05, 3.63) is 33.3 Å². The van der Waals surface area contributed by atoms with Crippen LogP contribution in [-0.4, -0.2) is 26.3 Å². The molecule has 0 aromatic heterocycles. The van der Waals surface area contributed by atoms with Gasteiger partial charge < -0.3 is 10.1 Å². The molecule has 0 amide bonds. The van der Waals surface area contributed by atoms with Gasteiger partial charge in [-0.25, -0.2) is 0 Å². The SMILES string of the molecule is CCNC(COC)Cc1ccc(Br)cc1Cl. The van der Waals surface area contributed by atoms with Crippen LogP contribution in [0, 0.1) is 0 Å². The van der Waals surface area contributed by atoms with Gasteiger partial charge in [-0.05, 0) is 30.7 Å². The maximum atomic E-state index is 6.18. The number of benzene rings is 1. The van der Waals surface area contributed by atoms with Gasteiger partial charge in [-0.3, -0.25) is 0 Å². The van der Waals surface area contributed by atoms with Crippen molar-refractivity contribution in [2.45, 2.75) is 19.4 Å². The van der Waals surface area contributed by atoms with Gasteiger partial charge in [0.25, 0.3) is 0 Å². The van der Waals surface area contributed by atoms with Gasteiger partial charge in [0.2, 0.25) is 0 Å². The summed E-state index contributed by atoms with van der Waals surface area (Å²) in [7, 11) is 1.72. The normalized spacial score (nSPS) is 12.8. The van der Waals surface area contributed by atoms with Crippen LogP contribution in [-0.2, 0) is 11.2 Å². The van der Waals surface area contributed by atoms with Gasteiger partial charge in [0.15, 0.2) is 0 Å². The Kier molecular flexibility index (Phi) is 6.36.